The van der Waals surface area contributed by atoms with Gasteiger partial charge in [0, 0.05) is 33.5 Å². The summed E-state index contributed by atoms with van der Waals surface area (Å²) in [5.41, 5.74) is 0.501. The van der Waals surface area contributed by atoms with Gasteiger partial charge in [0.15, 0.2) is 0 Å². The third kappa shape index (κ3) is 5.53. The van der Waals surface area contributed by atoms with E-state index in [1.54, 1.807) is 25.3 Å². The van der Waals surface area contributed by atoms with Crippen molar-refractivity contribution in [3.63, 3.8) is 0 Å². The fourth-order valence-electron chi connectivity index (χ4n) is 1.74. The lowest BCUT2D eigenvalue weighted by atomic mass is 10.2. The number of anilines is 1. The SMILES string of the molecule is COCCNC(=O)CCN(C(C)=O)c1cccc(Cl)c1Cl. The molecule has 1 N–H and O–H groups in total. The van der Waals surface area contributed by atoms with Gasteiger partial charge in [-0.25, -0.2) is 0 Å². The molecule has 1 aromatic rings. The van der Waals surface area contributed by atoms with Crippen molar-refractivity contribution in [2.45, 2.75) is 13.3 Å². The molecule has 0 saturated carbocycles. The number of amides is 2. The molecule has 0 aliphatic heterocycles. The minimum Gasteiger partial charge on any atom is -0.383 e. The first-order valence-corrected chi connectivity index (χ1v) is 7.20. The highest BCUT2D eigenvalue weighted by atomic mass is 35.5. The van der Waals surface area contributed by atoms with Gasteiger partial charge in [0.2, 0.25) is 11.8 Å². The average Bonchev–Trinajstić information content (AvgIpc) is 2.43. The van der Waals surface area contributed by atoms with Gasteiger partial charge in [-0.1, -0.05) is 29.3 Å². The number of hydrogen-bond donors (Lipinski definition) is 1. The Kier molecular flexibility index (Phi) is 7.50. The Morgan fingerprint density at radius 2 is 2.05 bits per heavy atom. The molecule has 0 fully saturated rings. The second kappa shape index (κ2) is 8.87. The van der Waals surface area contributed by atoms with Gasteiger partial charge in [0.25, 0.3) is 0 Å². The van der Waals surface area contributed by atoms with E-state index >= 15 is 0 Å². The summed E-state index contributed by atoms with van der Waals surface area (Å²) >= 11 is 12.1. The lowest BCUT2D eigenvalue weighted by Gasteiger charge is -2.22. The van der Waals surface area contributed by atoms with Crippen LogP contribution in [0.2, 0.25) is 10.0 Å². The van der Waals surface area contributed by atoms with E-state index in [-0.39, 0.29) is 24.8 Å². The summed E-state index contributed by atoms with van der Waals surface area (Å²) in [5, 5.41) is 3.36. The molecule has 0 saturated heterocycles. The number of hydrogen-bond acceptors (Lipinski definition) is 3. The van der Waals surface area contributed by atoms with Crippen LogP contribution in [0.15, 0.2) is 18.2 Å². The number of carbonyl (C=O) groups excluding carboxylic acids is 2. The van der Waals surface area contributed by atoms with Crippen LogP contribution in [0, 0.1) is 0 Å². The van der Waals surface area contributed by atoms with Crippen molar-refractivity contribution in [1.82, 2.24) is 5.32 Å². The number of rotatable bonds is 7. The van der Waals surface area contributed by atoms with Crippen molar-refractivity contribution in [1.29, 1.82) is 0 Å². The second-order valence-electron chi connectivity index (χ2n) is 4.34. The molecule has 0 radical (unpaired) electrons. The predicted octanol–water partition coefficient (Wildman–Crippen LogP) is 2.50. The van der Waals surface area contributed by atoms with Crippen molar-refractivity contribution in [2.75, 3.05) is 31.7 Å². The van der Waals surface area contributed by atoms with Crippen LogP contribution < -0.4 is 10.2 Å². The number of benzene rings is 1. The molecule has 7 heteroatoms. The van der Waals surface area contributed by atoms with Gasteiger partial charge in [-0.15, -0.1) is 0 Å². The van der Waals surface area contributed by atoms with Gasteiger partial charge in [-0.2, -0.15) is 0 Å². The normalized spacial score (nSPS) is 10.3. The molecular formula is C14H18Cl2N2O3. The summed E-state index contributed by atoms with van der Waals surface area (Å²) in [5.74, 6) is -0.361. The molecule has 2 amide bonds. The van der Waals surface area contributed by atoms with Crippen molar-refractivity contribution in [3.05, 3.63) is 28.2 Å². The molecule has 0 atom stereocenters. The number of halogens is 2. The molecule has 5 nitrogen and oxygen atoms in total. The monoisotopic (exact) mass is 332 g/mol. The maximum atomic E-state index is 11.8. The van der Waals surface area contributed by atoms with Crippen LogP contribution in [0.25, 0.3) is 0 Å². The van der Waals surface area contributed by atoms with Gasteiger partial charge in [0.05, 0.1) is 22.3 Å². The molecule has 0 aromatic heterocycles. The maximum absolute atomic E-state index is 11.8. The smallest absolute Gasteiger partial charge is 0.223 e. The minimum absolute atomic E-state index is 0.156. The number of methoxy groups -OCH3 is 1. The molecule has 0 bridgehead atoms. The van der Waals surface area contributed by atoms with E-state index in [0.29, 0.717) is 28.9 Å². The Morgan fingerprint density at radius 3 is 2.67 bits per heavy atom. The fraction of sp³-hybridized carbons (Fsp3) is 0.429. The largest absolute Gasteiger partial charge is 0.383 e. The highest BCUT2D eigenvalue weighted by molar-refractivity contribution is 6.44. The van der Waals surface area contributed by atoms with Crippen molar-refractivity contribution in [3.8, 4) is 0 Å². The Balaban J connectivity index is 2.69. The zero-order valence-electron chi connectivity index (χ0n) is 12.0. The third-order valence-corrected chi connectivity index (χ3v) is 3.60. The van der Waals surface area contributed by atoms with Gasteiger partial charge >= 0.3 is 0 Å². The molecule has 0 aliphatic carbocycles. The summed E-state index contributed by atoms with van der Waals surface area (Å²) in [4.78, 5) is 24.9. The van der Waals surface area contributed by atoms with Crippen LogP contribution in [0.4, 0.5) is 5.69 Å². The summed E-state index contributed by atoms with van der Waals surface area (Å²) in [6.07, 6.45) is 0.173. The maximum Gasteiger partial charge on any atom is 0.223 e. The molecule has 21 heavy (non-hydrogen) atoms. The molecule has 1 aromatic carbocycles. The van der Waals surface area contributed by atoms with E-state index in [2.05, 4.69) is 5.32 Å². The Morgan fingerprint density at radius 1 is 1.33 bits per heavy atom. The van der Waals surface area contributed by atoms with Crippen LogP contribution in [0.5, 0.6) is 0 Å². The lowest BCUT2D eigenvalue weighted by Crippen LogP contribution is -2.35. The van der Waals surface area contributed by atoms with Crippen LogP contribution in [-0.4, -0.2) is 38.6 Å². The number of nitrogens with zero attached hydrogens (tertiary/aromatic N) is 1. The van der Waals surface area contributed by atoms with E-state index < -0.39 is 0 Å². The van der Waals surface area contributed by atoms with Crippen molar-refractivity contribution in [2.24, 2.45) is 0 Å². The summed E-state index contributed by atoms with van der Waals surface area (Å²) < 4.78 is 4.84. The van der Waals surface area contributed by atoms with E-state index in [0.717, 1.165) is 0 Å². The molecule has 0 aliphatic rings. The fourth-order valence-corrected chi connectivity index (χ4v) is 2.14. The third-order valence-electron chi connectivity index (χ3n) is 2.79. The Hall–Kier alpha value is -1.30. The highest BCUT2D eigenvalue weighted by Gasteiger charge is 2.17. The standard InChI is InChI=1S/C14H18Cl2N2O3/c1-10(19)18(8-6-13(20)17-7-9-21-2)12-5-3-4-11(15)14(12)16/h3-5H,6-9H2,1-2H3,(H,17,20). The molecule has 0 spiro atoms. The molecular weight excluding hydrogens is 315 g/mol. The topological polar surface area (TPSA) is 58.6 Å². The Bertz CT molecular complexity index is 509. The predicted molar refractivity (Wildman–Crippen MR) is 84.0 cm³/mol. The van der Waals surface area contributed by atoms with Gasteiger partial charge in [-0.3, -0.25) is 9.59 Å². The van der Waals surface area contributed by atoms with Gasteiger partial charge < -0.3 is 15.0 Å². The van der Waals surface area contributed by atoms with Crippen molar-refractivity contribution >= 4 is 40.7 Å². The van der Waals surface area contributed by atoms with Crippen molar-refractivity contribution < 1.29 is 14.3 Å². The van der Waals surface area contributed by atoms with Crippen LogP contribution in [0.1, 0.15) is 13.3 Å². The number of ether oxygens (including phenoxy) is 1. The molecule has 116 valence electrons. The quantitative estimate of drug-likeness (QED) is 0.780. The number of nitrogens with one attached hydrogen (secondary N) is 1. The van der Waals surface area contributed by atoms with Crippen LogP contribution in [0.3, 0.4) is 0 Å². The molecule has 0 heterocycles. The van der Waals surface area contributed by atoms with Gasteiger partial charge in [-0.05, 0) is 12.1 Å². The highest BCUT2D eigenvalue weighted by Crippen LogP contribution is 2.32. The first kappa shape index (κ1) is 17.8. The Labute approximate surface area is 134 Å². The van der Waals surface area contributed by atoms with Gasteiger partial charge in [0.1, 0.15) is 0 Å². The molecule has 0 unspecified atom stereocenters. The summed E-state index contributed by atoms with van der Waals surface area (Å²) in [7, 11) is 1.56. The van der Waals surface area contributed by atoms with Crippen LogP contribution in [-0.2, 0) is 14.3 Å². The summed E-state index contributed by atoms with van der Waals surface area (Å²) in [6.45, 7) is 2.53. The first-order valence-electron chi connectivity index (χ1n) is 6.45. The van der Waals surface area contributed by atoms with Crippen LogP contribution >= 0.6 is 23.2 Å². The van der Waals surface area contributed by atoms with E-state index in [1.165, 1.54) is 11.8 Å². The van der Waals surface area contributed by atoms with E-state index in [4.69, 9.17) is 27.9 Å². The average molecular weight is 333 g/mol. The second-order valence-corrected chi connectivity index (χ2v) is 5.12. The lowest BCUT2D eigenvalue weighted by molar-refractivity contribution is -0.121. The molecule has 1 rings (SSSR count). The zero-order chi connectivity index (χ0) is 15.8. The number of carbonyl (C=O) groups is 2. The first-order chi connectivity index (χ1) is 9.97. The minimum atomic E-state index is -0.205. The van der Waals surface area contributed by atoms with E-state index in [1.807, 2.05) is 0 Å². The summed E-state index contributed by atoms with van der Waals surface area (Å²) in [6, 6.07) is 5.04. The van der Waals surface area contributed by atoms with E-state index in [9.17, 15) is 9.59 Å². The zero-order valence-corrected chi connectivity index (χ0v) is 13.5.